The highest BCUT2D eigenvalue weighted by molar-refractivity contribution is 7.99. The molecule has 1 fully saturated rings. The van der Waals surface area contributed by atoms with Crippen LogP contribution in [-0.2, 0) is 6.42 Å². The van der Waals surface area contributed by atoms with E-state index < -0.39 is 5.95 Å². The van der Waals surface area contributed by atoms with E-state index in [1.165, 1.54) is 17.3 Å². The fourth-order valence-corrected chi connectivity index (χ4v) is 5.81. The first-order chi connectivity index (χ1) is 15.4. The average Bonchev–Trinajstić information content (AvgIpc) is 3.06. The summed E-state index contributed by atoms with van der Waals surface area (Å²) in [6.07, 6.45) is 4.19. The molecule has 3 aromatic rings. The van der Waals surface area contributed by atoms with Gasteiger partial charge in [0.05, 0.1) is 5.02 Å². The van der Waals surface area contributed by atoms with Crippen molar-refractivity contribution in [2.24, 2.45) is 11.1 Å². The number of pyridine rings is 1. The fraction of sp³-hybridized carbons (Fsp3) is 0.318. The summed E-state index contributed by atoms with van der Waals surface area (Å²) in [7, 11) is 0. The smallest absolute Gasteiger partial charge is 0.257 e. The highest BCUT2D eigenvalue weighted by Crippen LogP contribution is 2.51. The number of hydrogen-bond acceptors (Lipinski definition) is 8. The Morgan fingerprint density at radius 2 is 1.82 bits per heavy atom. The molecular weight excluding hydrogens is 484 g/mol. The lowest BCUT2D eigenvalue weighted by Gasteiger charge is -2.42. The van der Waals surface area contributed by atoms with Gasteiger partial charge in [0.1, 0.15) is 10.8 Å². The molecule has 0 amide bonds. The average molecular weight is 508 g/mol. The minimum atomic E-state index is -0.658. The maximum atomic E-state index is 15.0. The Hall–Kier alpha value is -2.33. The number of nitrogens with two attached hydrogens (primary N) is 3. The van der Waals surface area contributed by atoms with Crippen molar-refractivity contribution in [2.45, 2.75) is 35.2 Å². The monoisotopic (exact) mass is 507 g/mol. The van der Waals surface area contributed by atoms with Gasteiger partial charge >= 0.3 is 0 Å². The second-order valence-electron chi connectivity index (χ2n) is 8.34. The molecule has 1 aromatic carbocycles. The molecule has 7 nitrogen and oxygen atoms in total. The van der Waals surface area contributed by atoms with E-state index in [9.17, 15) is 4.39 Å². The lowest BCUT2D eigenvalue weighted by molar-refractivity contribution is 0.186. The van der Waals surface area contributed by atoms with Gasteiger partial charge in [-0.05, 0) is 41.9 Å². The highest BCUT2D eigenvalue weighted by Gasteiger charge is 2.46. The van der Waals surface area contributed by atoms with Crippen LogP contribution in [0.2, 0.25) is 5.02 Å². The van der Waals surface area contributed by atoms with Gasteiger partial charge in [-0.3, -0.25) is 0 Å². The molecule has 1 saturated heterocycles. The Labute approximate surface area is 206 Å². The standard InChI is InChI=1S/C22H23ClFN7S.ClH/c23-15-14(5-8-28-18(15)26)32-21-19(27)30-20(17(24)29-21)31-9-6-22(7-10-31)11-12-3-1-2-4-13(12)16(22)25;/h1-5,8,16H,6-7,9-11,25H2,(H2,26,28)(H2,27,30);1H. The number of rotatable bonds is 3. The Morgan fingerprint density at radius 1 is 1.09 bits per heavy atom. The molecule has 11 heteroatoms. The molecule has 1 aliphatic heterocycles. The molecule has 1 unspecified atom stereocenters. The van der Waals surface area contributed by atoms with Crippen molar-refractivity contribution >= 4 is 53.2 Å². The van der Waals surface area contributed by atoms with Gasteiger partial charge in [0.2, 0.25) is 0 Å². The third kappa shape index (κ3) is 4.19. The topological polar surface area (TPSA) is 120 Å². The number of halogens is 3. The SMILES string of the molecule is Cl.Nc1nc(N2CCC3(CC2)Cc2ccccc2C3N)c(F)nc1Sc1ccnc(N)c1Cl. The predicted molar refractivity (Wildman–Crippen MR) is 132 cm³/mol. The minimum absolute atomic E-state index is 0. The van der Waals surface area contributed by atoms with E-state index in [0.29, 0.717) is 18.0 Å². The van der Waals surface area contributed by atoms with Crippen molar-refractivity contribution in [1.29, 1.82) is 0 Å². The molecule has 174 valence electrons. The normalized spacial score (nSPS) is 18.8. The van der Waals surface area contributed by atoms with E-state index in [4.69, 9.17) is 28.8 Å². The molecule has 3 heterocycles. The summed E-state index contributed by atoms with van der Waals surface area (Å²) in [5.74, 6) is -0.154. The molecular formula is C22H24Cl2FN7S. The third-order valence-corrected chi connectivity index (χ3v) is 8.13. The lowest BCUT2D eigenvalue weighted by atomic mass is 9.73. The molecule has 1 spiro atoms. The third-order valence-electron chi connectivity index (χ3n) is 6.57. The van der Waals surface area contributed by atoms with Crippen LogP contribution < -0.4 is 22.1 Å². The number of nitrogen functional groups attached to an aromatic ring is 2. The summed E-state index contributed by atoms with van der Waals surface area (Å²) in [6, 6.07) is 10.0. The molecule has 2 aliphatic rings. The number of fused-ring (bicyclic) bond motifs is 1. The number of piperidine rings is 1. The van der Waals surface area contributed by atoms with E-state index in [1.54, 1.807) is 6.07 Å². The number of hydrogen-bond donors (Lipinski definition) is 3. The summed E-state index contributed by atoms with van der Waals surface area (Å²) >= 11 is 7.29. The van der Waals surface area contributed by atoms with Gasteiger partial charge in [-0.25, -0.2) is 15.0 Å². The fourth-order valence-electron chi connectivity index (χ4n) is 4.77. The van der Waals surface area contributed by atoms with Crippen LogP contribution in [0.3, 0.4) is 0 Å². The van der Waals surface area contributed by atoms with Crippen LogP contribution in [0.15, 0.2) is 46.5 Å². The number of aromatic nitrogens is 3. The van der Waals surface area contributed by atoms with Gasteiger partial charge < -0.3 is 22.1 Å². The molecule has 2 aromatic heterocycles. The van der Waals surface area contributed by atoms with E-state index in [0.717, 1.165) is 31.0 Å². The van der Waals surface area contributed by atoms with Gasteiger partial charge in [-0.15, -0.1) is 12.4 Å². The van der Waals surface area contributed by atoms with E-state index in [2.05, 4.69) is 33.2 Å². The Morgan fingerprint density at radius 3 is 2.55 bits per heavy atom. The van der Waals surface area contributed by atoms with Crippen molar-refractivity contribution in [1.82, 2.24) is 15.0 Å². The highest BCUT2D eigenvalue weighted by atomic mass is 35.5. The van der Waals surface area contributed by atoms with Gasteiger partial charge in [0, 0.05) is 30.2 Å². The predicted octanol–water partition coefficient (Wildman–Crippen LogP) is 4.24. The van der Waals surface area contributed by atoms with Gasteiger partial charge in [0.15, 0.2) is 11.6 Å². The molecule has 0 radical (unpaired) electrons. The maximum absolute atomic E-state index is 15.0. The lowest BCUT2D eigenvalue weighted by Crippen LogP contribution is -2.45. The number of anilines is 3. The summed E-state index contributed by atoms with van der Waals surface area (Å²) in [4.78, 5) is 14.8. The first-order valence-electron chi connectivity index (χ1n) is 10.4. The van der Waals surface area contributed by atoms with Crippen LogP contribution in [0.4, 0.5) is 21.8 Å². The van der Waals surface area contributed by atoms with Crippen LogP contribution in [0.5, 0.6) is 0 Å². The van der Waals surface area contributed by atoms with Crippen LogP contribution >= 0.6 is 35.8 Å². The zero-order chi connectivity index (χ0) is 22.5. The first kappa shape index (κ1) is 23.8. The molecule has 0 saturated carbocycles. The molecule has 0 bridgehead atoms. The quantitative estimate of drug-likeness (QED) is 0.481. The number of nitrogens with zero attached hydrogens (tertiary/aromatic N) is 4. The van der Waals surface area contributed by atoms with Crippen molar-refractivity contribution in [2.75, 3.05) is 29.5 Å². The Bertz CT molecular complexity index is 1190. The summed E-state index contributed by atoms with van der Waals surface area (Å²) in [5.41, 5.74) is 21.1. The molecule has 1 atom stereocenters. The van der Waals surface area contributed by atoms with E-state index >= 15 is 0 Å². The Kier molecular flexibility index (Phi) is 6.59. The summed E-state index contributed by atoms with van der Waals surface area (Å²) in [6.45, 7) is 1.29. The number of benzene rings is 1. The van der Waals surface area contributed by atoms with Gasteiger partial charge in [-0.2, -0.15) is 4.39 Å². The Balaban J connectivity index is 0.00000259. The largest absolute Gasteiger partial charge is 0.382 e. The summed E-state index contributed by atoms with van der Waals surface area (Å²) < 4.78 is 15.0. The second kappa shape index (κ2) is 9.13. The van der Waals surface area contributed by atoms with Gasteiger partial charge in [-0.1, -0.05) is 47.6 Å². The van der Waals surface area contributed by atoms with Crippen LogP contribution in [0, 0.1) is 11.4 Å². The molecule has 1 aliphatic carbocycles. The zero-order valence-electron chi connectivity index (χ0n) is 17.7. The van der Waals surface area contributed by atoms with Crippen molar-refractivity contribution in [3.63, 3.8) is 0 Å². The minimum Gasteiger partial charge on any atom is -0.382 e. The second-order valence-corrected chi connectivity index (χ2v) is 9.75. The van der Waals surface area contributed by atoms with E-state index in [1.807, 2.05) is 11.0 Å². The molecule has 5 rings (SSSR count). The zero-order valence-corrected chi connectivity index (χ0v) is 20.1. The summed E-state index contributed by atoms with van der Waals surface area (Å²) in [5, 5.41) is 0.513. The van der Waals surface area contributed by atoms with Gasteiger partial charge in [0.25, 0.3) is 5.95 Å². The van der Waals surface area contributed by atoms with Crippen LogP contribution in [-0.4, -0.2) is 28.0 Å². The van der Waals surface area contributed by atoms with Crippen molar-refractivity contribution < 1.29 is 4.39 Å². The molecule has 33 heavy (non-hydrogen) atoms. The van der Waals surface area contributed by atoms with E-state index in [-0.39, 0.29) is 51.4 Å². The molecule has 6 N–H and O–H groups in total. The van der Waals surface area contributed by atoms with Crippen LogP contribution in [0.1, 0.15) is 30.0 Å². The van der Waals surface area contributed by atoms with Crippen molar-refractivity contribution in [3.8, 4) is 0 Å². The maximum Gasteiger partial charge on any atom is 0.257 e. The van der Waals surface area contributed by atoms with Crippen LogP contribution in [0.25, 0.3) is 0 Å². The first-order valence-corrected chi connectivity index (χ1v) is 11.6. The van der Waals surface area contributed by atoms with Crippen molar-refractivity contribution in [3.05, 3.63) is 58.6 Å².